The van der Waals surface area contributed by atoms with Crippen molar-refractivity contribution >= 4 is 39.1 Å². The van der Waals surface area contributed by atoms with Crippen LogP contribution < -0.4 is 10.2 Å². The summed E-state index contributed by atoms with van der Waals surface area (Å²) in [6.45, 7) is 4.96. The Bertz CT molecular complexity index is 998. The van der Waals surface area contributed by atoms with E-state index in [9.17, 15) is 9.59 Å². The van der Waals surface area contributed by atoms with Gasteiger partial charge in [-0.2, -0.15) is 0 Å². The number of fused-ring (bicyclic) bond motifs is 1. The van der Waals surface area contributed by atoms with Gasteiger partial charge >= 0.3 is 0 Å². The maximum absolute atomic E-state index is 12.6. The number of carbonyl (C=O) groups is 2. The van der Waals surface area contributed by atoms with E-state index in [0.717, 1.165) is 36.9 Å². The second-order valence-corrected chi connectivity index (χ2v) is 8.55. The molecule has 1 aromatic heterocycles. The van der Waals surface area contributed by atoms with Crippen LogP contribution >= 0.6 is 11.3 Å². The van der Waals surface area contributed by atoms with Crippen LogP contribution in [0.15, 0.2) is 42.5 Å². The number of anilines is 1. The van der Waals surface area contributed by atoms with Crippen LogP contribution in [0.4, 0.5) is 5.69 Å². The smallest absolute Gasteiger partial charge is 0.279 e. The topological polar surface area (TPSA) is 66.7 Å². The van der Waals surface area contributed by atoms with Gasteiger partial charge in [0.2, 0.25) is 0 Å². The van der Waals surface area contributed by atoms with Crippen molar-refractivity contribution in [3.63, 3.8) is 0 Å². The van der Waals surface area contributed by atoms with Gasteiger partial charge < -0.3 is 15.1 Å². The Balaban J connectivity index is 1.51. The van der Waals surface area contributed by atoms with Gasteiger partial charge in [-0.3, -0.25) is 9.59 Å². The molecule has 0 saturated carbocycles. The summed E-state index contributed by atoms with van der Waals surface area (Å²) >= 11 is 1.60. The van der Waals surface area contributed by atoms with Crippen molar-refractivity contribution in [2.45, 2.75) is 20.4 Å². The first kappa shape index (κ1) is 21.0. The largest absolute Gasteiger partial charge is 0.334 e. The van der Waals surface area contributed by atoms with E-state index in [-0.39, 0.29) is 24.9 Å². The number of nitrogens with zero attached hydrogens (tertiary/aromatic N) is 2. The van der Waals surface area contributed by atoms with Crippen molar-refractivity contribution < 1.29 is 14.5 Å². The number of para-hydroxylation sites is 1. The predicted octanol–water partition coefficient (Wildman–Crippen LogP) is 2.02. The second kappa shape index (κ2) is 9.15. The van der Waals surface area contributed by atoms with E-state index in [4.69, 9.17) is 0 Å². The number of likely N-dealkylation sites (N-methyl/N-ethyl adjacent to an activating group) is 2. The third-order valence-electron chi connectivity index (χ3n) is 4.93. The van der Waals surface area contributed by atoms with Crippen LogP contribution in [0.5, 0.6) is 0 Å². The van der Waals surface area contributed by atoms with Crippen molar-refractivity contribution in [3.8, 4) is 0 Å². The zero-order valence-corrected chi connectivity index (χ0v) is 18.1. The molecule has 3 aromatic rings. The summed E-state index contributed by atoms with van der Waals surface area (Å²) in [5.41, 5.74) is 3.97. The zero-order chi connectivity index (χ0) is 21.0. The summed E-state index contributed by atoms with van der Waals surface area (Å²) in [7, 11) is 3.63. The van der Waals surface area contributed by atoms with Crippen molar-refractivity contribution in [2.75, 3.05) is 32.5 Å². The number of amides is 2. The third kappa shape index (κ3) is 5.40. The van der Waals surface area contributed by atoms with E-state index < -0.39 is 0 Å². The summed E-state index contributed by atoms with van der Waals surface area (Å²) in [5, 5.41) is 3.86. The Kier molecular flexibility index (Phi) is 6.61. The number of hydrogen-bond donors (Lipinski definition) is 2. The lowest BCUT2D eigenvalue weighted by atomic mass is 10.1. The molecule has 0 saturated heterocycles. The highest BCUT2D eigenvalue weighted by Crippen LogP contribution is 2.22. The van der Waals surface area contributed by atoms with Crippen LogP contribution in [0.3, 0.4) is 0 Å². The molecule has 0 aliphatic rings. The third-order valence-corrected chi connectivity index (χ3v) is 5.95. The van der Waals surface area contributed by atoms with Gasteiger partial charge in [-0.25, -0.2) is 4.98 Å². The molecule has 0 radical (unpaired) electrons. The van der Waals surface area contributed by atoms with Gasteiger partial charge in [0.15, 0.2) is 13.1 Å². The fourth-order valence-corrected chi connectivity index (χ4v) is 4.11. The molecule has 0 fully saturated rings. The first-order valence-corrected chi connectivity index (χ1v) is 10.4. The van der Waals surface area contributed by atoms with Crippen molar-refractivity contribution in [2.24, 2.45) is 0 Å². The summed E-state index contributed by atoms with van der Waals surface area (Å²) in [4.78, 5) is 32.0. The molecule has 2 aromatic carbocycles. The maximum atomic E-state index is 12.6. The summed E-state index contributed by atoms with van der Waals surface area (Å²) in [6.07, 6.45) is 0. The molecule has 2 amide bonds. The number of benzene rings is 2. The lowest BCUT2D eigenvalue weighted by Gasteiger charge is -2.19. The van der Waals surface area contributed by atoms with Gasteiger partial charge in [-0.15, -0.1) is 11.3 Å². The molecule has 2 N–H and O–H groups in total. The molecule has 29 heavy (non-hydrogen) atoms. The zero-order valence-electron chi connectivity index (χ0n) is 17.3. The molecule has 152 valence electrons. The molecule has 3 rings (SSSR count). The normalized spacial score (nSPS) is 12.0. The van der Waals surface area contributed by atoms with Crippen LogP contribution in [0.1, 0.15) is 16.1 Å². The molecule has 0 bridgehead atoms. The first-order valence-electron chi connectivity index (χ1n) is 9.59. The minimum atomic E-state index is -0.0992. The van der Waals surface area contributed by atoms with E-state index in [1.165, 1.54) is 0 Å². The molecule has 0 aliphatic carbocycles. The first-order chi connectivity index (χ1) is 13.8. The fraction of sp³-hybridized carbons (Fsp3) is 0.318. The predicted molar refractivity (Wildman–Crippen MR) is 117 cm³/mol. The number of hydrogen-bond acceptors (Lipinski definition) is 4. The SMILES string of the molecule is Cc1cccc(NC(=O)C[NH+](C)CC(=O)N(C)Cc2nc3ccccc3s2)c1C. The van der Waals surface area contributed by atoms with E-state index in [2.05, 4.69) is 10.3 Å². The van der Waals surface area contributed by atoms with E-state index in [0.29, 0.717) is 6.54 Å². The van der Waals surface area contributed by atoms with E-state index in [1.807, 2.05) is 63.4 Å². The molecule has 7 heteroatoms. The van der Waals surface area contributed by atoms with Crippen molar-refractivity contribution in [1.82, 2.24) is 9.88 Å². The minimum absolute atomic E-state index is 0.0127. The van der Waals surface area contributed by atoms with E-state index >= 15 is 0 Å². The lowest BCUT2D eigenvalue weighted by molar-refractivity contribution is -0.862. The Hall–Kier alpha value is -2.77. The quantitative estimate of drug-likeness (QED) is 0.625. The lowest BCUT2D eigenvalue weighted by Crippen LogP contribution is -3.11. The average molecular weight is 412 g/mol. The van der Waals surface area contributed by atoms with E-state index in [1.54, 1.807) is 23.3 Å². The molecule has 1 atom stereocenters. The highest BCUT2D eigenvalue weighted by Gasteiger charge is 2.19. The van der Waals surface area contributed by atoms with Crippen molar-refractivity contribution in [1.29, 1.82) is 0 Å². The Morgan fingerprint density at radius 3 is 2.62 bits per heavy atom. The van der Waals surface area contributed by atoms with Gasteiger partial charge in [0, 0.05) is 12.7 Å². The van der Waals surface area contributed by atoms with Gasteiger partial charge in [0.25, 0.3) is 11.8 Å². The Morgan fingerprint density at radius 1 is 1.10 bits per heavy atom. The molecule has 0 aliphatic heterocycles. The highest BCUT2D eigenvalue weighted by atomic mass is 32.1. The Labute approximate surface area is 175 Å². The number of carbonyl (C=O) groups excluding carboxylic acids is 2. The van der Waals surface area contributed by atoms with Gasteiger partial charge in [-0.1, -0.05) is 24.3 Å². The standard InChI is InChI=1S/C22H26N4O2S/c1-15-8-7-10-17(16(15)2)23-20(27)12-25(3)14-22(28)26(4)13-21-24-18-9-5-6-11-19(18)29-21/h5-11H,12-14H2,1-4H3,(H,23,27)/p+1. The van der Waals surface area contributed by atoms with Gasteiger partial charge in [0.1, 0.15) is 5.01 Å². The van der Waals surface area contributed by atoms with Crippen molar-refractivity contribution in [3.05, 3.63) is 58.6 Å². The van der Waals surface area contributed by atoms with Crippen LogP contribution in [0.2, 0.25) is 0 Å². The number of nitrogens with one attached hydrogen (secondary N) is 2. The van der Waals surface area contributed by atoms with Crippen LogP contribution in [0.25, 0.3) is 10.2 Å². The molecule has 6 nitrogen and oxygen atoms in total. The summed E-state index contributed by atoms with van der Waals surface area (Å²) in [5.74, 6) is -0.112. The van der Waals surface area contributed by atoms with Gasteiger partial charge in [0.05, 0.1) is 23.8 Å². The summed E-state index contributed by atoms with van der Waals surface area (Å²) < 4.78 is 1.12. The number of thiazole rings is 1. The number of aromatic nitrogens is 1. The van der Waals surface area contributed by atoms with Crippen LogP contribution in [0, 0.1) is 13.8 Å². The summed E-state index contributed by atoms with van der Waals surface area (Å²) in [6, 6.07) is 13.8. The molecular weight excluding hydrogens is 384 g/mol. The minimum Gasteiger partial charge on any atom is -0.334 e. The van der Waals surface area contributed by atoms with Crippen LogP contribution in [-0.4, -0.2) is 48.9 Å². The maximum Gasteiger partial charge on any atom is 0.279 e. The molecule has 1 heterocycles. The van der Waals surface area contributed by atoms with Crippen LogP contribution in [-0.2, 0) is 16.1 Å². The molecule has 1 unspecified atom stereocenters. The number of aryl methyl sites for hydroxylation is 1. The molecule has 0 spiro atoms. The highest BCUT2D eigenvalue weighted by molar-refractivity contribution is 7.18. The second-order valence-electron chi connectivity index (χ2n) is 7.43. The fourth-order valence-electron chi connectivity index (χ4n) is 3.09. The monoisotopic (exact) mass is 411 g/mol. The number of quaternary nitrogens is 1. The van der Waals surface area contributed by atoms with Gasteiger partial charge in [-0.05, 0) is 43.2 Å². The Morgan fingerprint density at radius 2 is 1.86 bits per heavy atom. The number of rotatable bonds is 7. The molecular formula is C22H27N4O2S+. The average Bonchev–Trinajstić information content (AvgIpc) is 3.07.